The van der Waals surface area contributed by atoms with Crippen molar-refractivity contribution in [1.82, 2.24) is 4.98 Å². The highest BCUT2D eigenvalue weighted by Crippen LogP contribution is 2.36. The molecule has 29 heavy (non-hydrogen) atoms. The number of hydrogen-bond acceptors (Lipinski definition) is 7. The Labute approximate surface area is 171 Å². The van der Waals surface area contributed by atoms with E-state index in [1.54, 1.807) is 42.5 Å². The Kier molecular flexibility index (Phi) is 6.39. The maximum absolute atomic E-state index is 11.7. The molecule has 2 aromatic carbocycles. The van der Waals surface area contributed by atoms with Gasteiger partial charge in [-0.1, -0.05) is 16.3 Å². The number of rotatable bonds is 7. The predicted octanol–water partition coefficient (Wildman–Crippen LogP) is 4.74. The lowest BCUT2D eigenvalue weighted by Crippen LogP contribution is -2.25. The van der Waals surface area contributed by atoms with Crippen LogP contribution in [0.2, 0.25) is 5.02 Å². The second kappa shape index (κ2) is 8.80. The minimum Gasteiger partial charge on any atom is -0.479 e. The van der Waals surface area contributed by atoms with Crippen molar-refractivity contribution in [2.24, 2.45) is 0 Å². The summed E-state index contributed by atoms with van der Waals surface area (Å²) >= 11 is 5.97. The maximum atomic E-state index is 11.7. The zero-order valence-electron chi connectivity index (χ0n) is 15.4. The topological polar surface area (TPSA) is 104 Å². The number of carbonyl (C=O) groups is 1. The number of halogens is 1. The van der Waals surface area contributed by atoms with Gasteiger partial charge in [0.2, 0.25) is 5.88 Å². The van der Waals surface area contributed by atoms with Gasteiger partial charge in [-0.3, -0.25) is 9.45 Å². The summed E-state index contributed by atoms with van der Waals surface area (Å²) in [5.74, 6) is 0.355. The Morgan fingerprint density at radius 1 is 1.10 bits per heavy atom. The molecule has 0 fully saturated rings. The molecule has 0 aliphatic heterocycles. The molecule has 0 aliphatic carbocycles. The molecule has 8 nitrogen and oxygen atoms in total. The van der Waals surface area contributed by atoms with Gasteiger partial charge in [0.05, 0.1) is 5.52 Å². The molecule has 0 saturated carbocycles. The summed E-state index contributed by atoms with van der Waals surface area (Å²) in [6.07, 6.45) is -1.05. The molecule has 1 N–H and O–H groups in total. The minimum absolute atomic E-state index is 0.367. The fourth-order valence-electron chi connectivity index (χ4n) is 2.27. The molecule has 3 aromatic rings. The molecule has 3 rings (SSSR count). The van der Waals surface area contributed by atoms with Crippen LogP contribution in [-0.2, 0) is 18.9 Å². The Morgan fingerprint density at radius 3 is 2.48 bits per heavy atom. The van der Waals surface area contributed by atoms with Gasteiger partial charge in [0.25, 0.3) is 0 Å². The zero-order valence-corrected chi connectivity index (χ0v) is 17.1. The quantitative estimate of drug-likeness (QED) is 0.321. The van der Waals surface area contributed by atoms with E-state index in [2.05, 4.69) is 14.5 Å². The standard InChI is InChI=1S/C19H17ClNO7P/c1-12(19(22)27-28-29(2,23)24)25-15-5-7-16(8-6-15)26-18-10-3-13-11-14(20)4-9-17(13)21-18/h3-12H,1-2H3,(H,23,24). The molecule has 2 unspecified atom stereocenters. The highest BCUT2D eigenvalue weighted by Gasteiger charge is 2.22. The average Bonchev–Trinajstić information content (AvgIpc) is 2.67. The number of nitrogens with zero attached hydrogens (tertiary/aromatic N) is 1. The lowest BCUT2D eigenvalue weighted by Gasteiger charge is -2.14. The van der Waals surface area contributed by atoms with Crippen molar-refractivity contribution in [3.05, 3.63) is 59.6 Å². The predicted molar refractivity (Wildman–Crippen MR) is 106 cm³/mol. The normalized spacial score (nSPS) is 14.1. The van der Waals surface area contributed by atoms with Crippen LogP contribution in [0.4, 0.5) is 0 Å². The number of fused-ring (bicyclic) bond motifs is 1. The Bertz CT molecular complexity index is 1070. The SMILES string of the molecule is CC(Oc1ccc(Oc2ccc3cc(Cl)ccc3n2)cc1)C(=O)OOP(C)(=O)O. The number of pyridine rings is 1. The maximum Gasteiger partial charge on any atom is 0.382 e. The highest BCUT2D eigenvalue weighted by atomic mass is 35.5. The fourth-order valence-corrected chi connectivity index (χ4v) is 2.66. The number of carbonyl (C=O) groups excluding carboxylic acids is 1. The van der Waals surface area contributed by atoms with Gasteiger partial charge in [0, 0.05) is 23.1 Å². The van der Waals surface area contributed by atoms with Crippen LogP contribution in [0.1, 0.15) is 6.92 Å². The van der Waals surface area contributed by atoms with Crippen LogP contribution in [0.3, 0.4) is 0 Å². The third kappa shape index (κ3) is 6.17. The van der Waals surface area contributed by atoms with Gasteiger partial charge in [0.15, 0.2) is 6.10 Å². The first-order valence-corrected chi connectivity index (χ1v) is 10.8. The minimum atomic E-state index is -3.93. The van der Waals surface area contributed by atoms with Gasteiger partial charge in [-0.15, -0.1) is 0 Å². The second-order valence-corrected chi connectivity index (χ2v) is 8.29. The Hall–Kier alpha value is -2.64. The van der Waals surface area contributed by atoms with E-state index in [1.165, 1.54) is 6.92 Å². The van der Waals surface area contributed by atoms with Gasteiger partial charge in [-0.2, -0.15) is 0 Å². The van der Waals surface area contributed by atoms with Gasteiger partial charge in [-0.25, -0.2) is 9.78 Å². The van der Waals surface area contributed by atoms with Crippen molar-refractivity contribution in [3.8, 4) is 17.4 Å². The number of benzene rings is 2. The largest absolute Gasteiger partial charge is 0.479 e. The van der Waals surface area contributed by atoms with Crippen LogP contribution in [0.15, 0.2) is 54.6 Å². The van der Waals surface area contributed by atoms with E-state index in [0.717, 1.165) is 17.6 Å². The molecule has 2 atom stereocenters. The monoisotopic (exact) mass is 437 g/mol. The first kappa shape index (κ1) is 21.1. The number of aromatic nitrogens is 1. The lowest BCUT2D eigenvalue weighted by molar-refractivity contribution is -0.223. The van der Waals surface area contributed by atoms with Crippen molar-refractivity contribution in [1.29, 1.82) is 0 Å². The van der Waals surface area contributed by atoms with Crippen LogP contribution in [0, 0.1) is 0 Å². The number of ether oxygens (including phenoxy) is 2. The average molecular weight is 438 g/mol. The summed E-state index contributed by atoms with van der Waals surface area (Å²) in [5, 5.41) is 1.53. The summed E-state index contributed by atoms with van der Waals surface area (Å²) in [5.41, 5.74) is 0.751. The zero-order chi connectivity index (χ0) is 21.0. The summed E-state index contributed by atoms with van der Waals surface area (Å²) in [7, 11) is -3.93. The van der Waals surface area contributed by atoms with E-state index in [4.69, 9.17) is 26.0 Å². The molecule has 1 aromatic heterocycles. The van der Waals surface area contributed by atoms with Crippen LogP contribution in [-0.4, -0.2) is 28.6 Å². The molecule has 0 saturated heterocycles. The molecule has 10 heteroatoms. The van der Waals surface area contributed by atoms with Crippen LogP contribution < -0.4 is 9.47 Å². The Morgan fingerprint density at radius 2 is 1.79 bits per heavy atom. The molecule has 152 valence electrons. The first-order chi connectivity index (χ1) is 13.7. The van der Waals surface area contributed by atoms with Crippen molar-refractivity contribution in [2.45, 2.75) is 13.0 Å². The highest BCUT2D eigenvalue weighted by molar-refractivity contribution is 7.51. The molecule has 0 amide bonds. The van der Waals surface area contributed by atoms with Crippen molar-refractivity contribution < 1.29 is 33.3 Å². The van der Waals surface area contributed by atoms with Crippen molar-refractivity contribution in [2.75, 3.05) is 6.66 Å². The number of hydrogen-bond donors (Lipinski definition) is 1. The third-order valence-electron chi connectivity index (χ3n) is 3.57. The fraction of sp³-hybridized carbons (Fsp3) is 0.158. The van der Waals surface area contributed by atoms with E-state index in [9.17, 15) is 9.36 Å². The summed E-state index contributed by atoms with van der Waals surface area (Å²) in [6, 6.07) is 15.4. The van der Waals surface area contributed by atoms with E-state index in [0.29, 0.717) is 22.4 Å². The molecular weight excluding hydrogens is 421 g/mol. The molecule has 1 heterocycles. The second-order valence-electron chi connectivity index (χ2n) is 6.10. The molecule has 0 spiro atoms. The van der Waals surface area contributed by atoms with E-state index < -0.39 is 19.7 Å². The van der Waals surface area contributed by atoms with Gasteiger partial charge >= 0.3 is 13.6 Å². The van der Waals surface area contributed by atoms with Gasteiger partial charge < -0.3 is 14.4 Å². The van der Waals surface area contributed by atoms with Crippen LogP contribution >= 0.6 is 19.2 Å². The summed E-state index contributed by atoms with van der Waals surface area (Å²) < 4.78 is 26.2. The Balaban J connectivity index is 1.60. The lowest BCUT2D eigenvalue weighted by atomic mass is 10.2. The van der Waals surface area contributed by atoms with E-state index in [1.807, 2.05) is 12.1 Å². The molecule has 0 aliphatic rings. The van der Waals surface area contributed by atoms with Crippen LogP contribution in [0.25, 0.3) is 10.9 Å². The van der Waals surface area contributed by atoms with Crippen molar-refractivity contribution >= 4 is 36.1 Å². The van der Waals surface area contributed by atoms with Gasteiger partial charge in [-0.05, 0) is 55.5 Å². The summed E-state index contributed by atoms with van der Waals surface area (Å²) in [6.45, 7) is 2.31. The summed E-state index contributed by atoms with van der Waals surface area (Å²) in [4.78, 5) is 29.3. The van der Waals surface area contributed by atoms with E-state index in [-0.39, 0.29) is 0 Å². The van der Waals surface area contributed by atoms with Crippen LogP contribution in [0.5, 0.6) is 17.4 Å². The van der Waals surface area contributed by atoms with E-state index >= 15 is 0 Å². The van der Waals surface area contributed by atoms with Gasteiger partial charge in [0.1, 0.15) is 11.5 Å². The third-order valence-corrected chi connectivity index (χ3v) is 4.16. The molecule has 0 bridgehead atoms. The first-order valence-electron chi connectivity index (χ1n) is 8.41. The molecule has 0 radical (unpaired) electrons. The smallest absolute Gasteiger partial charge is 0.382 e. The molecular formula is C19H17ClNO7P. The van der Waals surface area contributed by atoms with Crippen molar-refractivity contribution in [3.63, 3.8) is 0 Å².